The summed E-state index contributed by atoms with van der Waals surface area (Å²) in [6.07, 6.45) is 0. The highest BCUT2D eigenvalue weighted by atomic mass is 35.5. The van der Waals surface area contributed by atoms with Gasteiger partial charge in [-0.25, -0.2) is 8.78 Å². The topological polar surface area (TPSA) is 35.2 Å². The van der Waals surface area contributed by atoms with Gasteiger partial charge in [0.05, 0.1) is 18.2 Å². The maximum atomic E-state index is 13.6. The zero-order chi connectivity index (χ0) is 14.0. The Morgan fingerprint density at radius 2 is 1.89 bits per heavy atom. The normalized spacial score (nSPS) is 12.3. The van der Waals surface area contributed by atoms with Crippen molar-refractivity contribution in [2.75, 3.05) is 7.11 Å². The number of nitrogens with two attached hydrogens (primary N) is 1. The van der Waals surface area contributed by atoms with Crippen LogP contribution in [0.15, 0.2) is 36.4 Å². The fourth-order valence-corrected chi connectivity index (χ4v) is 2.06. The molecule has 2 N–H and O–H groups in total. The van der Waals surface area contributed by atoms with E-state index in [1.165, 1.54) is 31.4 Å². The second-order valence-corrected chi connectivity index (χ2v) is 4.39. The molecule has 19 heavy (non-hydrogen) atoms. The van der Waals surface area contributed by atoms with Gasteiger partial charge in [0, 0.05) is 0 Å². The number of benzene rings is 2. The molecule has 0 bridgehead atoms. The predicted octanol–water partition coefficient (Wildman–Crippen LogP) is 3.67. The van der Waals surface area contributed by atoms with Crippen LogP contribution in [0.2, 0.25) is 5.02 Å². The molecule has 0 aromatic heterocycles. The molecular weight excluding hydrogens is 272 g/mol. The van der Waals surface area contributed by atoms with Crippen LogP contribution in [0.3, 0.4) is 0 Å². The molecule has 0 saturated carbocycles. The summed E-state index contributed by atoms with van der Waals surface area (Å²) in [6, 6.07) is 8.00. The molecule has 0 aliphatic rings. The molecule has 0 spiro atoms. The van der Waals surface area contributed by atoms with Crippen LogP contribution >= 0.6 is 11.6 Å². The Bertz CT molecular complexity index is 604. The van der Waals surface area contributed by atoms with Gasteiger partial charge in [-0.15, -0.1) is 0 Å². The van der Waals surface area contributed by atoms with Crippen molar-refractivity contribution in [1.29, 1.82) is 0 Å². The Morgan fingerprint density at radius 3 is 2.53 bits per heavy atom. The van der Waals surface area contributed by atoms with E-state index in [0.29, 0.717) is 11.1 Å². The first kappa shape index (κ1) is 13.8. The largest absolute Gasteiger partial charge is 0.494 e. The quantitative estimate of drug-likeness (QED) is 0.933. The highest BCUT2D eigenvalue weighted by molar-refractivity contribution is 6.31. The van der Waals surface area contributed by atoms with Crippen LogP contribution in [0.5, 0.6) is 5.75 Å². The van der Waals surface area contributed by atoms with Crippen LogP contribution in [0.1, 0.15) is 17.2 Å². The van der Waals surface area contributed by atoms with Crippen molar-refractivity contribution in [3.8, 4) is 5.75 Å². The van der Waals surface area contributed by atoms with Gasteiger partial charge >= 0.3 is 0 Å². The van der Waals surface area contributed by atoms with Gasteiger partial charge in [-0.05, 0) is 29.3 Å². The van der Waals surface area contributed by atoms with Crippen molar-refractivity contribution in [3.63, 3.8) is 0 Å². The van der Waals surface area contributed by atoms with Gasteiger partial charge in [0.15, 0.2) is 11.6 Å². The molecule has 1 unspecified atom stereocenters. The molecule has 2 rings (SSSR count). The minimum Gasteiger partial charge on any atom is -0.494 e. The molecule has 2 nitrogen and oxygen atoms in total. The number of methoxy groups -OCH3 is 1. The zero-order valence-electron chi connectivity index (χ0n) is 10.2. The standard InChI is InChI=1S/C14H12ClF2NO/c1-19-12-6-5-8(7-11(12)17)14(18)9-3-2-4-10(16)13(9)15/h2-7,14H,18H2,1H3. The minimum atomic E-state index is -0.705. The van der Waals surface area contributed by atoms with Crippen LogP contribution in [0.4, 0.5) is 8.78 Å². The van der Waals surface area contributed by atoms with Crippen molar-refractivity contribution in [2.24, 2.45) is 5.73 Å². The van der Waals surface area contributed by atoms with Crippen LogP contribution < -0.4 is 10.5 Å². The average Bonchev–Trinajstić information content (AvgIpc) is 2.41. The highest BCUT2D eigenvalue weighted by Gasteiger charge is 2.16. The summed E-state index contributed by atoms with van der Waals surface area (Å²) < 4.78 is 31.8. The van der Waals surface area contributed by atoms with E-state index in [-0.39, 0.29) is 10.8 Å². The summed E-state index contributed by atoms with van der Waals surface area (Å²) in [5, 5.41) is -0.0498. The van der Waals surface area contributed by atoms with E-state index in [1.807, 2.05) is 0 Å². The van der Waals surface area contributed by atoms with Gasteiger partial charge in [-0.1, -0.05) is 29.8 Å². The van der Waals surface area contributed by atoms with E-state index in [1.54, 1.807) is 12.1 Å². The molecule has 0 fully saturated rings. The smallest absolute Gasteiger partial charge is 0.165 e. The molecule has 0 amide bonds. The third-order valence-corrected chi connectivity index (χ3v) is 3.25. The fraction of sp³-hybridized carbons (Fsp3) is 0.143. The second kappa shape index (κ2) is 5.55. The van der Waals surface area contributed by atoms with Crippen molar-refractivity contribution in [3.05, 3.63) is 64.2 Å². The van der Waals surface area contributed by atoms with Crippen molar-refractivity contribution >= 4 is 11.6 Å². The molecular formula is C14H12ClF2NO. The summed E-state index contributed by atoms with van der Waals surface area (Å²) in [5.74, 6) is -0.951. The molecule has 2 aromatic rings. The summed E-state index contributed by atoms with van der Waals surface area (Å²) in [7, 11) is 1.38. The summed E-state index contributed by atoms with van der Waals surface area (Å²) in [4.78, 5) is 0. The lowest BCUT2D eigenvalue weighted by Crippen LogP contribution is -2.13. The number of ether oxygens (including phenoxy) is 1. The lowest BCUT2D eigenvalue weighted by molar-refractivity contribution is 0.386. The second-order valence-electron chi connectivity index (χ2n) is 4.01. The van der Waals surface area contributed by atoms with Crippen LogP contribution in [-0.4, -0.2) is 7.11 Å². The fourth-order valence-electron chi connectivity index (χ4n) is 1.82. The highest BCUT2D eigenvalue weighted by Crippen LogP contribution is 2.30. The van der Waals surface area contributed by atoms with E-state index in [9.17, 15) is 8.78 Å². The summed E-state index contributed by atoms with van der Waals surface area (Å²) in [6.45, 7) is 0. The van der Waals surface area contributed by atoms with E-state index < -0.39 is 17.7 Å². The van der Waals surface area contributed by atoms with Crippen molar-refractivity contribution in [1.82, 2.24) is 0 Å². The third-order valence-electron chi connectivity index (χ3n) is 2.85. The van der Waals surface area contributed by atoms with Crippen LogP contribution in [-0.2, 0) is 0 Å². The van der Waals surface area contributed by atoms with Crippen molar-refractivity contribution < 1.29 is 13.5 Å². The predicted molar refractivity (Wildman–Crippen MR) is 70.4 cm³/mol. The van der Waals surface area contributed by atoms with Crippen LogP contribution in [0.25, 0.3) is 0 Å². The van der Waals surface area contributed by atoms with Crippen LogP contribution in [0, 0.1) is 11.6 Å². The maximum Gasteiger partial charge on any atom is 0.165 e. The number of hydrogen-bond donors (Lipinski definition) is 1. The van der Waals surface area contributed by atoms with Gasteiger partial charge in [-0.2, -0.15) is 0 Å². The first-order valence-corrected chi connectivity index (χ1v) is 5.95. The minimum absolute atomic E-state index is 0.0498. The first-order valence-electron chi connectivity index (χ1n) is 5.57. The van der Waals surface area contributed by atoms with Gasteiger partial charge in [0.25, 0.3) is 0 Å². The number of hydrogen-bond acceptors (Lipinski definition) is 2. The molecule has 0 aliphatic carbocycles. The Balaban J connectivity index is 2.41. The third kappa shape index (κ3) is 2.69. The molecule has 0 aliphatic heterocycles. The van der Waals surface area contributed by atoms with E-state index in [4.69, 9.17) is 22.1 Å². The molecule has 0 saturated heterocycles. The van der Waals surface area contributed by atoms with Gasteiger partial charge in [0.1, 0.15) is 5.82 Å². The summed E-state index contributed by atoms with van der Waals surface area (Å²) >= 11 is 5.86. The first-order chi connectivity index (χ1) is 9.04. The maximum absolute atomic E-state index is 13.6. The molecule has 100 valence electrons. The average molecular weight is 284 g/mol. The zero-order valence-corrected chi connectivity index (χ0v) is 10.9. The van der Waals surface area contributed by atoms with Crippen molar-refractivity contribution in [2.45, 2.75) is 6.04 Å². The summed E-state index contributed by atoms with van der Waals surface area (Å²) in [5.41, 5.74) is 6.89. The SMILES string of the molecule is COc1ccc(C(N)c2cccc(F)c2Cl)cc1F. The Kier molecular flexibility index (Phi) is 4.02. The molecule has 0 radical (unpaired) electrons. The molecule has 5 heteroatoms. The molecule has 2 aromatic carbocycles. The molecule has 0 heterocycles. The van der Waals surface area contributed by atoms with E-state index in [2.05, 4.69) is 0 Å². The lowest BCUT2D eigenvalue weighted by atomic mass is 9.99. The van der Waals surface area contributed by atoms with E-state index in [0.717, 1.165) is 0 Å². The Morgan fingerprint density at radius 1 is 1.16 bits per heavy atom. The number of halogens is 3. The Labute approximate surface area is 114 Å². The Hall–Kier alpha value is -1.65. The van der Waals surface area contributed by atoms with Gasteiger partial charge in [0.2, 0.25) is 0 Å². The van der Waals surface area contributed by atoms with Gasteiger partial charge in [-0.3, -0.25) is 0 Å². The molecule has 1 atom stereocenters. The number of rotatable bonds is 3. The van der Waals surface area contributed by atoms with E-state index >= 15 is 0 Å². The van der Waals surface area contributed by atoms with Gasteiger partial charge < -0.3 is 10.5 Å². The lowest BCUT2D eigenvalue weighted by Gasteiger charge is -2.15. The monoisotopic (exact) mass is 283 g/mol.